The quantitative estimate of drug-likeness (QED) is 0.397. The van der Waals surface area contributed by atoms with Gasteiger partial charge >= 0.3 is 0 Å². The number of benzene rings is 3. The summed E-state index contributed by atoms with van der Waals surface area (Å²) >= 11 is 6.86. The number of nitrogens with zero attached hydrogens (tertiary/aromatic N) is 5. The molecule has 0 amide bonds. The Balaban J connectivity index is 1.44. The number of piperidine rings is 2. The average Bonchev–Trinajstić information content (AvgIpc) is 2.88. The normalized spacial score (nSPS) is 21.6. The molecule has 3 aromatic carbocycles. The van der Waals surface area contributed by atoms with E-state index in [-0.39, 0.29) is 21.9 Å². The van der Waals surface area contributed by atoms with Gasteiger partial charge in [-0.25, -0.2) is 9.37 Å². The summed E-state index contributed by atoms with van der Waals surface area (Å²) in [5, 5.41) is 16.6. The number of halogens is 2. The van der Waals surface area contributed by atoms with Crippen LogP contribution in [0.1, 0.15) is 12.8 Å². The summed E-state index contributed by atoms with van der Waals surface area (Å²) in [6, 6.07) is 13.8. The highest BCUT2D eigenvalue weighted by Gasteiger charge is 2.37. The van der Waals surface area contributed by atoms with Gasteiger partial charge in [0.1, 0.15) is 17.1 Å². The van der Waals surface area contributed by atoms with Crippen LogP contribution < -0.4 is 15.1 Å². The largest absolute Gasteiger partial charge is 0.508 e. The zero-order chi connectivity index (χ0) is 26.1. The van der Waals surface area contributed by atoms with Crippen molar-refractivity contribution in [1.29, 1.82) is 0 Å². The third-order valence-electron chi connectivity index (χ3n) is 8.46. The molecular weight excluding hydrogens is 503 g/mol. The summed E-state index contributed by atoms with van der Waals surface area (Å²) in [4.78, 5) is 16.5. The molecule has 2 bridgehead atoms. The van der Waals surface area contributed by atoms with Crippen molar-refractivity contribution in [1.82, 2.24) is 20.2 Å². The molecule has 0 saturated carbocycles. The molecule has 196 valence electrons. The Morgan fingerprint density at radius 1 is 1.05 bits per heavy atom. The number of likely N-dealkylation sites (N-methyl/N-ethyl adjacent to an activating group) is 1. The molecule has 4 aliphatic heterocycles. The van der Waals surface area contributed by atoms with Crippen molar-refractivity contribution >= 4 is 45.0 Å². The number of hydrogen-bond donors (Lipinski definition) is 2. The van der Waals surface area contributed by atoms with Crippen LogP contribution in [0.4, 0.5) is 16.2 Å². The fourth-order valence-corrected chi connectivity index (χ4v) is 6.48. The number of nitrogens with one attached hydrogen (secondary N) is 1. The Morgan fingerprint density at radius 2 is 1.87 bits per heavy atom. The van der Waals surface area contributed by atoms with Gasteiger partial charge in [0.15, 0.2) is 5.82 Å². The molecule has 1 aromatic heterocycles. The molecule has 0 unspecified atom stereocenters. The maximum atomic E-state index is 16.7. The van der Waals surface area contributed by atoms with Gasteiger partial charge in [-0.1, -0.05) is 35.9 Å². The predicted molar refractivity (Wildman–Crippen MR) is 151 cm³/mol. The van der Waals surface area contributed by atoms with Gasteiger partial charge in [-0.05, 0) is 61.5 Å². The minimum Gasteiger partial charge on any atom is -0.508 e. The van der Waals surface area contributed by atoms with E-state index in [2.05, 4.69) is 34.1 Å². The molecule has 5 heterocycles. The van der Waals surface area contributed by atoms with E-state index < -0.39 is 5.82 Å². The van der Waals surface area contributed by atoms with Crippen LogP contribution in [0, 0.1) is 5.82 Å². The molecular formula is C29H30ClFN6O. The molecule has 4 saturated heterocycles. The van der Waals surface area contributed by atoms with Gasteiger partial charge in [0.25, 0.3) is 0 Å². The fraction of sp³-hybridized carbons (Fsp3) is 0.379. The third-order valence-corrected chi connectivity index (χ3v) is 8.76. The molecule has 2 atom stereocenters. The molecule has 8 rings (SSSR count). The number of phenolic OH excluding ortho intramolecular Hbond substituents is 1. The van der Waals surface area contributed by atoms with E-state index in [1.807, 2.05) is 30.3 Å². The molecule has 38 heavy (non-hydrogen) atoms. The molecule has 0 aliphatic carbocycles. The summed E-state index contributed by atoms with van der Waals surface area (Å²) < 4.78 is 16.7. The van der Waals surface area contributed by atoms with E-state index in [0.717, 1.165) is 55.6 Å². The number of piperazine rings is 1. The number of anilines is 2. The van der Waals surface area contributed by atoms with Gasteiger partial charge in [-0.2, -0.15) is 4.98 Å². The first kappa shape index (κ1) is 23.9. The molecule has 7 nitrogen and oxygen atoms in total. The fourth-order valence-electron chi connectivity index (χ4n) is 6.19. The average molecular weight is 533 g/mol. The lowest BCUT2D eigenvalue weighted by atomic mass is 9.92. The minimum absolute atomic E-state index is 0.0606. The number of aromatic nitrogens is 2. The van der Waals surface area contributed by atoms with Crippen LogP contribution >= 0.6 is 11.6 Å². The van der Waals surface area contributed by atoms with Gasteiger partial charge in [-0.15, -0.1) is 0 Å². The van der Waals surface area contributed by atoms with Gasteiger partial charge in [0.2, 0.25) is 5.95 Å². The number of rotatable bonds is 4. The van der Waals surface area contributed by atoms with Crippen LogP contribution in [-0.2, 0) is 0 Å². The molecule has 4 fully saturated rings. The van der Waals surface area contributed by atoms with Crippen molar-refractivity contribution in [3.63, 3.8) is 0 Å². The smallest absolute Gasteiger partial charge is 0.228 e. The highest BCUT2D eigenvalue weighted by Crippen LogP contribution is 2.43. The number of phenols is 1. The second-order valence-electron chi connectivity index (χ2n) is 11.0. The molecule has 9 heteroatoms. The summed E-state index contributed by atoms with van der Waals surface area (Å²) in [5.74, 6) is 0.874. The van der Waals surface area contributed by atoms with Gasteiger partial charge < -0.3 is 25.1 Å². The maximum absolute atomic E-state index is 16.7. The van der Waals surface area contributed by atoms with Crippen molar-refractivity contribution in [2.75, 3.05) is 50.1 Å². The van der Waals surface area contributed by atoms with E-state index in [9.17, 15) is 5.11 Å². The standard InChI is InChI=1S/C29H30ClFN6O/c1-35(2)19-14-36(15-19)29-33-27-23(28(34-29)37-13-17-7-8-18(37)12-32-17)11-24(30)25(26(27)31)22-10-20(38)9-16-5-3-4-6-21(16)22/h3-6,9-11,17-19,32,38H,7-8,12-15H2,1-2H3/t17-,18+/m0/s1. The first-order valence-corrected chi connectivity index (χ1v) is 13.6. The first-order chi connectivity index (χ1) is 18.4. The summed E-state index contributed by atoms with van der Waals surface area (Å²) in [7, 11) is 4.14. The Hall–Kier alpha value is -3.20. The SMILES string of the molecule is CN(C)C1CN(c2nc(N3C[C@@H]4CC[C@@H]3CN4)c3cc(Cl)c(-c4cc(O)cc5ccccc45)c(F)c3n2)C1. The number of aromatic hydroxyl groups is 1. The maximum Gasteiger partial charge on any atom is 0.228 e. The van der Waals surface area contributed by atoms with E-state index in [0.29, 0.717) is 35.0 Å². The van der Waals surface area contributed by atoms with Crippen molar-refractivity contribution in [2.45, 2.75) is 31.0 Å². The summed E-state index contributed by atoms with van der Waals surface area (Å²) in [5.41, 5.74) is 1.06. The molecule has 4 aromatic rings. The highest BCUT2D eigenvalue weighted by molar-refractivity contribution is 6.35. The van der Waals surface area contributed by atoms with Crippen LogP contribution in [0.2, 0.25) is 5.02 Å². The Kier molecular flexibility index (Phi) is 5.61. The second kappa shape index (κ2) is 8.93. The van der Waals surface area contributed by atoms with Crippen molar-refractivity contribution in [3.8, 4) is 16.9 Å². The van der Waals surface area contributed by atoms with Crippen LogP contribution in [0.25, 0.3) is 32.8 Å². The zero-order valence-electron chi connectivity index (χ0n) is 21.5. The summed E-state index contributed by atoms with van der Waals surface area (Å²) in [6.07, 6.45) is 2.21. The molecule has 4 aliphatic rings. The lowest BCUT2D eigenvalue weighted by Crippen LogP contribution is -2.61. The first-order valence-electron chi connectivity index (χ1n) is 13.2. The highest BCUT2D eigenvalue weighted by atomic mass is 35.5. The van der Waals surface area contributed by atoms with Gasteiger partial charge in [0, 0.05) is 55.3 Å². The van der Waals surface area contributed by atoms with Gasteiger partial charge in [0.05, 0.1) is 5.02 Å². The van der Waals surface area contributed by atoms with Gasteiger partial charge in [-0.3, -0.25) is 0 Å². The Morgan fingerprint density at radius 3 is 2.58 bits per heavy atom. The molecule has 2 N–H and O–H groups in total. The summed E-state index contributed by atoms with van der Waals surface area (Å²) in [6.45, 7) is 3.31. The zero-order valence-corrected chi connectivity index (χ0v) is 22.2. The Bertz CT molecular complexity index is 1560. The van der Waals surface area contributed by atoms with E-state index >= 15 is 4.39 Å². The van der Waals surface area contributed by atoms with Crippen LogP contribution in [0.15, 0.2) is 42.5 Å². The number of hydrogen-bond acceptors (Lipinski definition) is 7. The van der Waals surface area contributed by atoms with Crippen LogP contribution in [0.3, 0.4) is 0 Å². The lowest BCUT2D eigenvalue weighted by Gasteiger charge is -2.47. The third kappa shape index (κ3) is 3.77. The van der Waals surface area contributed by atoms with Crippen LogP contribution in [-0.4, -0.2) is 78.4 Å². The topological polar surface area (TPSA) is 67.8 Å². The van der Waals surface area contributed by atoms with E-state index in [1.54, 1.807) is 12.1 Å². The number of fused-ring (bicyclic) bond motifs is 5. The predicted octanol–water partition coefficient (Wildman–Crippen LogP) is 4.64. The monoisotopic (exact) mass is 532 g/mol. The van der Waals surface area contributed by atoms with Crippen molar-refractivity contribution in [2.24, 2.45) is 0 Å². The van der Waals surface area contributed by atoms with E-state index in [4.69, 9.17) is 21.6 Å². The lowest BCUT2D eigenvalue weighted by molar-refractivity contribution is 0.245. The van der Waals surface area contributed by atoms with Crippen molar-refractivity contribution in [3.05, 3.63) is 53.3 Å². The van der Waals surface area contributed by atoms with Crippen molar-refractivity contribution < 1.29 is 9.50 Å². The minimum atomic E-state index is -0.488. The second-order valence-corrected chi connectivity index (χ2v) is 11.4. The molecule has 0 spiro atoms. The molecule has 0 radical (unpaired) electrons. The van der Waals surface area contributed by atoms with Crippen LogP contribution in [0.5, 0.6) is 5.75 Å². The Labute approximate surface area is 225 Å². The van der Waals surface area contributed by atoms with E-state index in [1.165, 1.54) is 0 Å².